The van der Waals surface area contributed by atoms with Crippen LogP contribution < -0.4 is 16.4 Å². The minimum atomic E-state index is -0.408. The lowest BCUT2D eigenvalue weighted by atomic mass is 9.95. The van der Waals surface area contributed by atoms with Crippen LogP contribution in [0, 0.1) is 11.8 Å². The fourth-order valence-corrected chi connectivity index (χ4v) is 2.37. The number of carbonyl (C=O) groups is 2. The lowest BCUT2D eigenvalue weighted by Gasteiger charge is -2.27. The third-order valence-corrected chi connectivity index (χ3v) is 3.64. The molecule has 0 saturated carbocycles. The van der Waals surface area contributed by atoms with Gasteiger partial charge >= 0.3 is 0 Å². The largest absolute Gasteiger partial charge is 0.345 e. The van der Waals surface area contributed by atoms with Gasteiger partial charge in [0.25, 0.3) is 0 Å². The highest BCUT2D eigenvalue weighted by molar-refractivity contribution is 5.91. The summed E-state index contributed by atoms with van der Waals surface area (Å²) in [6.07, 6.45) is 2.38. The van der Waals surface area contributed by atoms with Crippen molar-refractivity contribution in [3.63, 3.8) is 0 Å². The van der Waals surface area contributed by atoms with Gasteiger partial charge in [-0.1, -0.05) is 41.5 Å². The van der Waals surface area contributed by atoms with Crippen LogP contribution >= 0.6 is 0 Å². The number of Topliss-reactive ketones (excluding diaryl/α,β-unsaturated/α-hetero) is 1. The molecule has 130 valence electrons. The van der Waals surface area contributed by atoms with Crippen LogP contribution in [-0.2, 0) is 9.59 Å². The van der Waals surface area contributed by atoms with Gasteiger partial charge in [0.15, 0.2) is 5.78 Å². The third-order valence-electron chi connectivity index (χ3n) is 3.64. The SMILES string of the molecule is CC(C)N[C@H](C(=O)N[C@@H](CCCCN)C(=O)C(C)C)C(C)C. The van der Waals surface area contributed by atoms with Crippen LogP contribution in [0.4, 0.5) is 0 Å². The summed E-state index contributed by atoms with van der Waals surface area (Å²) >= 11 is 0. The maximum Gasteiger partial charge on any atom is 0.237 e. The topological polar surface area (TPSA) is 84.2 Å². The Morgan fingerprint density at radius 2 is 1.59 bits per heavy atom. The molecule has 0 aliphatic rings. The fraction of sp³-hybridized carbons (Fsp3) is 0.882. The summed E-state index contributed by atoms with van der Waals surface area (Å²) in [5.74, 6) is 0.0906. The van der Waals surface area contributed by atoms with Crippen LogP contribution in [0.25, 0.3) is 0 Å². The number of hydrogen-bond acceptors (Lipinski definition) is 4. The molecule has 5 nitrogen and oxygen atoms in total. The van der Waals surface area contributed by atoms with Crippen molar-refractivity contribution in [3.05, 3.63) is 0 Å². The zero-order valence-electron chi connectivity index (χ0n) is 15.1. The van der Waals surface area contributed by atoms with Gasteiger partial charge in [0.05, 0.1) is 12.1 Å². The van der Waals surface area contributed by atoms with Crippen LogP contribution in [0.15, 0.2) is 0 Å². The fourth-order valence-electron chi connectivity index (χ4n) is 2.37. The van der Waals surface area contributed by atoms with Crippen molar-refractivity contribution in [2.45, 2.75) is 78.9 Å². The second-order valence-electron chi connectivity index (χ2n) is 6.95. The normalized spacial score (nSPS) is 14.5. The van der Waals surface area contributed by atoms with E-state index in [4.69, 9.17) is 5.73 Å². The Bertz CT molecular complexity index is 341. The zero-order chi connectivity index (χ0) is 17.3. The molecule has 0 saturated heterocycles. The molecule has 4 N–H and O–H groups in total. The molecular weight excluding hydrogens is 278 g/mol. The van der Waals surface area contributed by atoms with E-state index in [1.165, 1.54) is 0 Å². The van der Waals surface area contributed by atoms with E-state index in [0.29, 0.717) is 13.0 Å². The molecule has 2 atom stereocenters. The van der Waals surface area contributed by atoms with Gasteiger partial charge in [-0.3, -0.25) is 9.59 Å². The van der Waals surface area contributed by atoms with Crippen molar-refractivity contribution in [1.29, 1.82) is 0 Å². The molecule has 0 unspecified atom stereocenters. The van der Waals surface area contributed by atoms with Gasteiger partial charge in [0, 0.05) is 12.0 Å². The molecule has 0 heterocycles. The van der Waals surface area contributed by atoms with Gasteiger partial charge in [-0.2, -0.15) is 0 Å². The first-order valence-electron chi connectivity index (χ1n) is 8.50. The zero-order valence-corrected chi connectivity index (χ0v) is 15.1. The second-order valence-corrected chi connectivity index (χ2v) is 6.95. The van der Waals surface area contributed by atoms with Gasteiger partial charge in [0.1, 0.15) is 0 Å². The van der Waals surface area contributed by atoms with Crippen LogP contribution in [0.5, 0.6) is 0 Å². The molecule has 0 spiro atoms. The Labute approximate surface area is 135 Å². The molecule has 5 heteroatoms. The first-order chi connectivity index (χ1) is 10.2. The number of rotatable bonds is 11. The summed E-state index contributed by atoms with van der Waals surface area (Å²) in [4.78, 5) is 24.9. The number of nitrogens with one attached hydrogen (secondary N) is 2. The summed E-state index contributed by atoms with van der Waals surface area (Å²) < 4.78 is 0. The van der Waals surface area contributed by atoms with Crippen LogP contribution in [0.2, 0.25) is 0 Å². The molecule has 1 amide bonds. The van der Waals surface area contributed by atoms with E-state index in [2.05, 4.69) is 10.6 Å². The van der Waals surface area contributed by atoms with Crippen molar-refractivity contribution in [2.24, 2.45) is 17.6 Å². The number of ketones is 1. The molecule has 0 fully saturated rings. The molecule has 0 aliphatic heterocycles. The quantitative estimate of drug-likeness (QED) is 0.508. The third kappa shape index (κ3) is 7.90. The average Bonchev–Trinajstić information content (AvgIpc) is 2.42. The molecule has 0 radical (unpaired) electrons. The summed E-state index contributed by atoms with van der Waals surface area (Å²) in [6, 6.07) is -0.471. The van der Waals surface area contributed by atoms with E-state index < -0.39 is 6.04 Å². The van der Waals surface area contributed by atoms with E-state index >= 15 is 0 Å². The first-order valence-corrected chi connectivity index (χ1v) is 8.50. The summed E-state index contributed by atoms with van der Waals surface area (Å²) in [5.41, 5.74) is 5.51. The maximum absolute atomic E-state index is 12.5. The number of amides is 1. The summed E-state index contributed by atoms with van der Waals surface area (Å²) in [7, 11) is 0. The molecular formula is C17H35N3O2. The first kappa shape index (κ1) is 21.1. The summed E-state index contributed by atoms with van der Waals surface area (Å²) in [5, 5.41) is 6.23. The number of nitrogens with two attached hydrogens (primary N) is 1. The minimum Gasteiger partial charge on any atom is -0.345 e. The van der Waals surface area contributed by atoms with Crippen molar-refractivity contribution in [3.8, 4) is 0 Å². The van der Waals surface area contributed by atoms with E-state index in [0.717, 1.165) is 12.8 Å². The van der Waals surface area contributed by atoms with Crippen molar-refractivity contribution >= 4 is 11.7 Å². The van der Waals surface area contributed by atoms with Gasteiger partial charge in [0.2, 0.25) is 5.91 Å². The highest BCUT2D eigenvalue weighted by atomic mass is 16.2. The maximum atomic E-state index is 12.5. The van der Waals surface area contributed by atoms with Crippen LogP contribution in [0.1, 0.15) is 60.8 Å². The van der Waals surface area contributed by atoms with Crippen LogP contribution in [-0.4, -0.2) is 36.4 Å². The van der Waals surface area contributed by atoms with E-state index in [1.54, 1.807) is 0 Å². The standard InChI is InChI=1S/C17H35N3O2/c1-11(2)15(19-13(5)6)17(22)20-14(9-7-8-10-18)16(21)12(3)4/h11-15,19H,7-10,18H2,1-6H3,(H,20,22)/t14-,15-/m0/s1. The van der Waals surface area contributed by atoms with Crippen molar-refractivity contribution in [1.82, 2.24) is 10.6 Å². The van der Waals surface area contributed by atoms with Crippen molar-refractivity contribution in [2.75, 3.05) is 6.54 Å². The van der Waals surface area contributed by atoms with Gasteiger partial charge in [-0.15, -0.1) is 0 Å². The number of hydrogen-bond donors (Lipinski definition) is 3. The Balaban J connectivity index is 4.86. The molecule has 22 heavy (non-hydrogen) atoms. The minimum absolute atomic E-state index is 0.0845. The van der Waals surface area contributed by atoms with Gasteiger partial charge < -0.3 is 16.4 Å². The van der Waals surface area contributed by atoms with Crippen LogP contribution in [0.3, 0.4) is 0 Å². The summed E-state index contributed by atoms with van der Waals surface area (Å²) in [6.45, 7) is 12.4. The second kappa shape index (κ2) is 10.7. The number of carbonyl (C=O) groups excluding carboxylic acids is 2. The number of unbranched alkanes of at least 4 members (excludes halogenated alkanes) is 1. The molecule has 0 aromatic heterocycles. The monoisotopic (exact) mass is 313 g/mol. The molecule has 0 aromatic carbocycles. The Hall–Kier alpha value is -0.940. The molecule has 0 aliphatic carbocycles. The Morgan fingerprint density at radius 3 is 2.00 bits per heavy atom. The van der Waals surface area contributed by atoms with Gasteiger partial charge in [-0.05, 0) is 31.7 Å². The van der Waals surface area contributed by atoms with E-state index in [1.807, 2.05) is 41.5 Å². The highest BCUT2D eigenvalue weighted by Gasteiger charge is 2.28. The van der Waals surface area contributed by atoms with Gasteiger partial charge in [-0.25, -0.2) is 0 Å². The molecule has 0 aromatic rings. The lowest BCUT2D eigenvalue weighted by Crippen LogP contribution is -2.54. The predicted molar refractivity (Wildman–Crippen MR) is 91.6 cm³/mol. The Morgan fingerprint density at radius 1 is 1.00 bits per heavy atom. The highest BCUT2D eigenvalue weighted by Crippen LogP contribution is 2.10. The lowest BCUT2D eigenvalue weighted by molar-refractivity contribution is -0.131. The average molecular weight is 313 g/mol. The molecule has 0 rings (SSSR count). The van der Waals surface area contributed by atoms with Crippen molar-refractivity contribution < 1.29 is 9.59 Å². The van der Waals surface area contributed by atoms with E-state index in [9.17, 15) is 9.59 Å². The smallest absolute Gasteiger partial charge is 0.237 e. The molecule has 0 bridgehead atoms. The predicted octanol–water partition coefficient (Wildman–Crippen LogP) is 1.85. The van der Waals surface area contributed by atoms with E-state index in [-0.39, 0.29) is 35.6 Å². The Kier molecular flexibility index (Phi) is 10.3.